The second kappa shape index (κ2) is 44.8. The monoisotopic (exact) mass is 2010 g/mol. The number of aromatic nitrogens is 12. The van der Waals surface area contributed by atoms with Crippen molar-refractivity contribution in [1.82, 2.24) is 59.8 Å². The highest BCUT2D eigenvalue weighted by molar-refractivity contribution is 6.42. The van der Waals surface area contributed by atoms with Crippen molar-refractivity contribution in [1.29, 1.82) is 0 Å². The van der Waals surface area contributed by atoms with Gasteiger partial charge in [0, 0.05) is 186 Å². The number of hydrogen-bond acceptors (Lipinski definition) is 16. The molecule has 17 nitrogen and oxygen atoms in total. The molecule has 0 radical (unpaired) electrons. The van der Waals surface area contributed by atoms with Gasteiger partial charge in [-0.2, -0.15) is 26.3 Å². The maximum atomic E-state index is 13.0. The first-order valence-electron chi connectivity index (χ1n) is 45.5. The summed E-state index contributed by atoms with van der Waals surface area (Å²) in [7, 11) is 0. The third-order valence-corrected chi connectivity index (χ3v) is 26.3. The Bertz CT molecular complexity index is 8080. The molecule has 4 unspecified atom stereocenters. The number of nitrogens with zero attached hydrogens (tertiary/aromatic N) is 11. The van der Waals surface area contributed by atoms with Crippen LogP contribution in [0.2, 0.25) is 25.1 Å². The summed E-state index contributed by atoms with van der Waals surface area (Å²) < 4.78 is 78.0. The van der Waals surface area contributed by atoms with E-state index in [9.17, 15) is 51.6 Å². The normalized spacial score (nSPS) is 12.3. The Labute approximate surface area is 844 Å². The van der Waals surface area contributed by atoms with Gasteiger partial charge in [-0.15, -0.1) is 0 Å². The van der Waals surface area contributed by atoms with Crippen LogP contribution >= 0.6 is 58.0 Å². The number of fused-ring (bicyclic) bond motifs is 5. The van der Waals surface area contributed by atoms with Crippen LogP contribution in [0.3, 0.4) is 0 Å². The predicted molar refractivity (Wildman–Crippen MR) is 555 cm³/mol. The zero-order valence-electron chi connectivity index (χ0n) is 77.8. The lowest BCUT2D eigenvalue weighted by Gasteiger charge is -2.23. The average molecular weight is 2010 g/mol. The lowest BCUT2D eigenvalue weighted by atomic mass is 9.82. The second-order valence-electron chi connectivity index (χ2n) is 34.6. The number of aryl methyl sites for hydroxylation is 6. The van der Waals surface area contributed by atoms with E-state index < -0.39 is 23.5 Å². The summed E-state index contributed by atoms with van der Waals surface area (Å²) in [6, 6.07) is 80.2. The van der Waals surface area contributed by atoms with E-state index in [1.54, 1.807) is 91.9 Å². The van der Waals surface area contributed by atoms with Crippen molar-refractivity contribution in [3.63, 3.8) is 0 Å². The van der Waals surface area contributed by atoms with Gasteiger partial charge in [0.05, 0.1) is 43.8 Å². The molecule has 0 bridgehead atoms. The van der Waals surface area contributed by atoms with E-state index in [1.165, 1.54) is 53.2 Å². The van der Waals surface area contributed by atoms with E-state index in [4.69, 9.17) is 58.0 Å². The van der Waals surface area contributed by atoms with E-state index in [2.05, 4.69) is 104 Å². The van der Waals surface area contributed by atoms with Crippen molar-refractivity contribution in [2.75, 3.05) is 0 Å². The number of nitrogens with one attached hydrogen (secondary N) is 1. The van der Waals surface area contributed by atoms with Gasteiger partial charge in [0.15, 0.2) is 0 Å². The smallest absolute Gasteiger partial charge is 0.416 e. The Morgan fingerprint density at radius 1 is 0.357 bits per heavy atom. The molecule has 143 heavy (non-hydrogen) atoms. The largest absolute Gasteiger partial charge is 0.505 e. The van der Waals surface area contributed by atoms with Gasteiger partial charge in [0.1, 0.15) is 56.7 Å². The summed E-state index contributed by atoms with van der Waals surface area (Å²) in [4.78, 5) is 63.4. The number of phenols is 4. The number of phenolic OH excluding ortho intramolecular Hbond substituents is 4. The standard InChI is InChI=1S/C24H21ClN2O.C24H19F3N2O.C23H17F3N2O.C22H14Cl4N2O.C22H20N4O/c1-15-7-8-16(2)19(11-15)20(12-17-5-3-9-26-14-17)21-13-22(25)18-6-4-10-27-23(18)24(21)28;1-15-4-2-6-19(29-15)14-21(16-7-10-18(11-8-16)24(25,26)27)20-12-9-17-5-3-13-28-22(17)23(20)30;24-23(25,26)18-8-5-16(6-9-18)20(13-15-3-1-11-27-14-15)19-10-7-17-4-2-12-28-21(17)22(19)29;23-13-4-6-15(18(24)8-13)17(9-14-10-19(25)20(26)11-28-14)16-5-3-12-2-1-7-27-21(12)22(16)29;1-13-8-9-17-15(3)23-20(24-18(17)10-13)12-21-25-19(11-22(27)26-21)16-7-5-4-6-14(16)2/h3-11,13-14,20,28H,12H2,1-2H3;2-13,21,30H,14H2,1H3;1-12,14,20,29H,13H2;1-8,10-11,17,29H,9H2;4-11H,12H2,1-3H3,(H,25,26,27). The van der Waals surface area contributed by atoms with Gasteiger partial charge in [-0.05, 0) is 214 Å². The first-order valence-corrected chi connectivity index (χ1v) is 47.4. The molecular weight excluding hydrogens is 1920 g/mol. The second-order valence-corrected chi connectivity index (χ2v) is 36.7. The molecule has 0 aliphatic heterocycles. The van der Waals surface area contributed by atoms with Crippen LogP contribution in [0.15, 0.2) is 334 Å². The van der Waals surface area contributed by atoms with E-state index >= 15 is 0 Å². The third-order valence-electron chi connectivity index (χ3n) is 24.7. The highest BCUT2D eigenvalue weighted by Crippen LogP contribution is 2.47. The summed E-state index contributed by atoms with van der Waals surface area (Å²) >= 11 is 31.4. The fourth-order valence-corrected chi connectivity index (χ4v) is 18.6. The molecule has 10 aromatic heterocycles. The van der Waals surface area contributed by atoms with Crippen molar-refractivity contribution >= 4 is 113 Å². The number of pyridine rings is 8. The Morgan fingerprint density at radius 2 is 0.867 bits per heavy atom. The van der Waals surface area contributed by atoms with Crippen molar-refractivity contribution in [3.8, 4) is 34.3 Å². The van der Waals surface area contributed by atoms with Gasteiger partial charge < -0.3 is 25.4 Å². The zero-order valence-corrected chi connectivity index (χ0v) is 81.6. The molecule has 28 heteroatoms. The molecule has 20 rings (SSSR count). The highest BCUT2D eigenvalue weighted by Gasteiger charge is 2.34. The molecular formula is C115H91Cl5F6N12O5. The van der Waals surface area contributed by atoms with Crippen LogP contribution in [0.25, 0.3) is 65.8 Å². The number of hydrogen-bond donors (Lipinski definition) is 5. The van der Waals surface area contributed by atoms with Gasteiger partial charge >= 0.3 is 12.4 Å². The summed E-state index contributed by atoms with van der Waals surface area (Å²) in [6.45, 7) is 12.1. The summed E-state index contributed by atoms with van der Waals surface area (Å²) in [6.07, 6.45) is 8.69. The molecule has 718 valence electrons. The van der Waals surface area contributed by atoms with Crippen LogP contribution in [-0.2, 0) is 44.5 Å². The summed E-state index contributed by atoms with van der Waals surface area (Å²) in [5.74, 6) is 0.490. The fourth-order valence-electron chi connectivity index (χ4n) is 17.6. The summed E-state index contributed by atoms with van der Waals surface area (Å²) in [5.41, 5.74) is 18.8. The van der Waals surface area contributed by atoms with Crippen LogP contribution < -0.4 is 5.56 Å². The minimum atomic E-state index is -4.40. The molecule has 0 aliphatic rings. The van der Waals surface area contributed by atoms with Crippen molar-refractivity contribution in [3.05, 3.63) is 488 Å². The Hall–Kier alpha value is -15.1. The number of rotatable bonds is 19. The quantitative estimate of drug-likeness (QED) is 0.0472. The number of H-pyrrole nitrogens is 1. The van der Waals surface area contributed by atoms with Gasteiger partial charge in [-0.1, -0.05) is 221 Å². The average Bonchev–Trinajstić information content (AvgIpc) is 0.770. The molecule has 10 heterocycles. The molecule has 0 saturated carbocycles. The highest BCUT2D eigenvalue weighted by atomic mass is 35.5. The van der Waals surface area contributed by atoms with Crippen LogP contribution in [0.4, 0.5) is 26.3 Å². The molecule has 0 aliphatic carbocycles. The maximum absolute atomic E-state index is 13.0. The van der Waals surface area contributed by atoms with Gasteiger partial charge in [0.25, 0.3) is 5.56 Å². The number of halogens is 11. The van der Waals surface area contributed by atoms with Crippen LogP contribution in [0, 0.1) is 41.5 Å². The predicted octanol–water partition coefficient (Wildman–Crippen LogP) is 29.0. The molecule has 5 N–H and O–H groups in total. The Kier molecular flexibility index (Phi) is 31.6. The minimum absolute atomic E-state index is 0.0330. The zero-order chi connectivity index (χ0) is 101. The van der Waals surface area contributed by atoms with E-state index in [0.717, 1.165) is 118 Å². The fraction of sp³-hybridized carbons (Fsp3) is 0.148. The van der Waals surface area contributed by atoms with Crippen molar-refractivity contribution < 1.29 is 46.8 Å². The number of benzene rings is 10. The topological polar surface area (TPSA) is 256 Å². The number of aromatic amines is 1. The van der Waals surface area contributed by atoms with Gasteiger partial charge in [-0.25, -0.2) is 15.0 Å². The van der Waals surface area contributed by atoms with Crippen molar-refractivity contribution in [2.24, 2.45) is 0 Å². The molecule has 10 aromatic carbocycles. The molecule has 20 aromatic rings. The SMILES string of the molecule is Cc1ccc(C)c(C(Cc2cccnc2)c2cc(Cl)c3cccnc3c2O)c1.Cc1ccc2c(C)nc(Cc3nc(-c4ccccc4C)cc(=O)[nH]3)nc2c1.Cc1cccc(CC(c2ccc(C(F)(F)F)cc2)c2ccc3cccnc3c2O)n1.Oc1c(C(Cc2cc(Cl)c(Cl)cn2)c2ccc(Cl)cc2Cl)ccc2cccnc12.Oc1c(C(Cc2cccnc2)c2ccc(C(F)(F)F)cc2)ccc2cccnc12. The molecule has 0 saturated heterocycles. The van der Waals surface area contributed by atoms with E-state index in [0.29, 0.717) is 124 Å². The maximum Gasteiger partial charge on any atom is 0.416 e. The summed E-state index contributed by atoms with van der Waals surface area (Å²) in [5, 5.41) is 50.6. The first-order chi connectivity index (χ1) is 68.7. The molecule has 4 atom stereocenters. The molecule has 0 amide bonds. The van der Waals surface area contributed by atoms with Gasteiger partial charge in [0.2, 0.25) is 0 Å². The van der Waals surface area contributed by atoms with E-state index in [-0.39, 0.29) is 52.2 Å². The lowest BCUT2D eigenvalue weighted by Crippen LogP contribution is -2.13. The van der Waals surface area contributed by atoms with Gasteiger partial charge in [-0.3, -0.25) is 44.7 Å². The Morgan fingerprint density at radius 3 is 1.42 bits per heavy atom. The third kappa shape index (κ3) is 24.4. The van der Waals surface area contributed by atoms with Crippen LogP contribution in [0.1, 0.15) is 147 Å². The van der Waals surface area contributed by atoms with Crippen molar-refractivity contribution in [2.45, 2.75) is 110 Å². The Balaban J connectivity index is 0.000000128. The molecule has 0 spiro atoms. The first kappa shape index (κ1) is 101. The molecule has 0 fully saturated rings. The van der Waals surface area contributed by atoms with Crippen LogP contribution in [-0.4, -0.2) is 80.2 Å². The minimum Gasteiger partial charge on any atom is -0.505 e. The lowest BCUT2D eigenvalue weighted by molar-refractivity contribution is -0.138. The van der Waals surface area contributed by atoms with E-state index in [1.807, 2.05) is 173 Å². The van der Waals surface area contributed by atoms with Crippen LogP contribution in [0.5, 0.6) is 23.0 Å². The number of aromatic hydroxyl groups is 4. The number of alkyl halides is 6.